The van der Waals surface area contributed by atoms with Gasteiger partial charge in [0.25, 0.3) is 5.91 Å². The molecule has 0 radical (unpaired) electrons. The average Bonchev–Trinajstić information content (AvgIpc) is 2.70. The van der Waals surface area contributed by atoms with E-state index in [1.54, 1.807) is 48.5 Å². The zero-order valence-corrected chi connectivity index (χ0v) is 16.0. The highest BCUT2D eigenvalue weighted by atomic mass is 16.6. The van der Waals surface area contributed by atoms with E-state index in [2.05, 4.69) is 5.32 Å². The molecule has 2 atom stereocenters. The van der Waals surface area contributed by atoms with Crippen molar-refractivity contribution in [1.82, 2.24) is 0 Å². The Labute approximate surface area is 163 Å². The molecule has 0 aromatic heterocycles. The van der Waals surface area contributed by atoms with Crippen LogP contribution >= 0.6 is 0 Å². The molecular weight excluding hydrogens is 360 g/mol. The molecule has 2 rings (SSSR count). The molecule has 146 valence electrons. The molecule has 28 heavy (non-hydrogen) atoms. The molecule has 2 aromatic carbocycles. The number of rotatable bonds is 8. The SMILES string of the molecule is CCOc1ccccc1NC(=O)[C@@H](C)OC(=O)[C@@H](C)Oc1ccc(C#N)cc1. The van der Waals surface area contributed by atoms with Gasteiger partial charge in [-0.05, 0) is 57.2 Å². The van der Waals surface area contributed by atoms with Crippen LogP contribution in [0, 0.1) is 11.3 Å². The summed E-state index contributed by atoms with van der Waals surface area (Å²) in [4.78, 5) is 24.5. The summed E-state index contributed by atoms with van der Waals surface area (Å²) in [6, 6.07) is 15.3. The first-order valence-corrected chi connectivity index (χ1v) is 8.84. The smallest absolute Gasteiger partial charge is 0.347 e. The van der Waals surface area contributed by atoms with Crippen molar-refractivity contribution in [2.75, 3.05) is 11.9 Å². The Morgan fingerprint density at radius 3 is 2.39 bits per heavy atom. The Morgan fingerprint density at radius 2 is 1.75 bits per heavy atom. The second-order valence-electron chi connectivity index (χ2n) is 5.89. The number of benzene rings is 2. The van der Waals surface area contributed by atoms with Crippen molar-refractivity contribution in [3.63, 3.8) is 0 Å². The maximum absolute atomic E-state index is 12.3. The highest BCUT2D eigenvalue weighted by molar-refractivity contribution is 5.96. The maximum Gasteiger partial charge on any atom is 0.347 e. The van der Waals surface area contributed by atoms with Gasteiger partial charge in [0.05, 0.1) is 23.9 Å². The van der Waals surface area contributed by atoms with Crippen LogP contribution in [-0.4, -0.2) is 30.7 Å². The summed E-state index contributed by atoms with van der Waals surface area (Å²) in [5.41, 5.74) is 0.985. The molecule has 1 N–H and O–H groups in total. The average molecular weight is 382 g/mol. The molecule has 0 spiro atoms. The Morgan fingerprint density at radius 1 is 1.07 bits per heavy atom. The van der Waals surface area contributed by atoms with Crippen molar-refractivity contribution < 1.29 is 23.8 Å². The summed E-state index contributed by atoms with van der Waals surface area (Å²) in [6.07, 6.45) is -1.94. The minimum absolute atomic E-state index is 0.422. The zero-order valence-electron chi connectivity index (χ0n) is 16.0. The Hall–Kier alpha value is -3.53. The summed E-state index contributed by atoms with van der Waals surface area (Å²) >= 11 is 0. The van der Waals surface area contributed by atoms with Crippen LogP contribution in [-0.2, 0) is 14.3 Å². The van der Waals surface area contributed by atoms with Gasteiger partial charge < -0.3 is 19.5 Å². The number of para-hydroxylation sites is 2. The first kappa shape index (κ1) is 20.8. The predicted octanol–water partition coefficient (Wildman–Crippen LogP) is 3.29. The van der Waals surface area contributed by atoms with E-state index in [1.807, 2.05) is 13.0 Å². The number of ether oxygens (including phenoxy) is 3. The third-order valence-electron chi connectivity index (χ3n) is 3.74. The second kappa shape index (κ2) is 9.97. The molecule has 0 saturated carbocycles. The fraction of sp³-hybridized carbons (Fsp3) is 0.286. The van der Waals surface area contributed by atoms with Crippen LogP contribution in [0.15, 0.2) is 48.5 Å². The maximum atomic E-state index is 12.3. The van der Waals surface area contributed by atoms with Crippen LogP contribution < -0.4 is 14.8 Å². The van der Waals surface area contributed by atoms with Gasteiger partial charge in [-0.25, -0.2) is 4.79 Å². The Balaban J connectivity index is 1.91. The van der Waals surface area contributed by atoms with Gasteiger partial charge in [-0.15, -0.1) is 0 Å². The summed E-state index contributed by atoms with van der Waals surface area (Å²) < 4.78 is 16.1. The molecule has 7 heteroatoms. The van der Waals surface area contributed by atoms with Crippen molar-refractivity contribution in [2.45, 2.75) is 33.0 Å². The third kappa shape index (κ3) is 5.74. The molecule has 2 aromatic rings. The lowest BCUT2D eigenvalue weighted by atomic mass is 10.2. The van der Waals surface area contributed by atoms with Crippen LogP contribution in [0.25, 0.3) is 0 Å². The number of hydrogen-bond acceptors (Lipinski definition) is 6. The van der Waals surface area contributed by atoms with Crippen molar-refractivity contribution in [1.29, 1.82) is 5.26 Å². The molecule has 1 amide bonds. The van der Waals surface area contributed by atoms with E-state index in [1.165, 1.54) is 13.8 Å². The van der Waals surface area contributed by atoms with Crippen molar-refractivity contribution in [3.8, 4) is 17.6 Å². The molecular formula is C21H22N2O5. The third-order valence-corrected chi connectivity index (χ3v) is 3.74. The van der Waals surface area contributed by atoms with E-state index in [4.69, 9.17) is 19.5 Å². The van der Waals surface area contributed by atoms with Gasteiger partial charge in [-0.1, -0.05) is 12.1 Å². The first-order chi connectivity index (χ1) is 13.4. The summed E-state index contributed by atoms with van der Waals surface area (Å²) in [5.74, 6) is -0.197. The van der Waals surface area contributed by atoms with E-state index in [0.717, 1.165) is 0 Å². The van der Waals surface area contributed by atoms with E-state index >= 15 is 0 Å². The highest BCUT2D eigenvalue weighted by Crippen LogP contribution is 2.24. The number of carbonyl (C=O) groups is 2. The van der Waals surface area contributed by atoms with Gasteiger partial charge in [-0.3, -0.25) is 4.79 Å². The number of hydrogen-bond donors (Lipinski definition) is 1. The van der Waals surface area contributed by atoms with Gasteiger partial charge >= 0.3 is 5.97 Å². The fourth-order valence-electron chi connectivity index (χ4n) is 2.27. The van der Waals surface area contributed by atoms with E-state index in [0.29, 0.717) is 29.4 Å². The number of anilines is 1. The summed E-state index contributed by atoms with van der Waals surface area (Å²) in [7, 11) is 0. The molecule has 0 saturated heterocycles. The summed E-state index contributed by atoms with van der Waals surface area (Å²) in [5, 5.41) is 11.5. The van der Waals surface area contributed by atoms with Gasteiger partial charge in [0, 0.05) is 0 Å². The highest BCUT2D eigenvalue weighted by Gasteiger charge is 2.24. The molecule has 0 aliphatic rings. The second-order valence-corrected chi connectivity index (χ2v) is 5.89. The van der Waals surface area contributed by atoms with E-state index in [9.17, 15) is 9.59 Å². The number of nitrogens with zero attached hydrogens (tertiary/aromatic N) is 1. The van der Waals surface area contributed by atoms with Crippen molar-refractivity contribution in [3.05, 3.63) is 54.1 Å². The van der Waals surface area contributed by atoms with Gasteiger partial charge in [0.15, 0.2) is 12.2 Å². The number of nitriles is 1. The first-order valence-electron chi connectivity index (χ1n) is 8.84. The Bertz CT molecular complexity index is 858. The molecule has 0 aliphatic carbocycles. The molecule has 7 nitrogen and oxygen atoms in total. The van der Waals surface area contributed by atoms with Crippen molar-refractivity contribution >= 4 is 17.6 Å². The molecule has 0 fully saturated rings. The normalized spacial score (nSPS) is 12.2. The van der Waals surface area contributed by atoms with Crippen molar-refractivity contribution in [2.24, 2.45) is 0 Å². The van der Waals surface area contributed by atoms with Crippen LogP contribution in [0.2, 0.25) is 0 Å². The zero-order chi connectivity index (χ0) is 20.5. The predicted molar refractivity (Wildman–Crippen MR) is 103 cm³/mol. The van der Waals surface area contributed by atoms with Gasteiger partial charge in [-0.2, -0.15) is 5.26 Å². The van der Waals surface area contributed by atoms with Gasteiger partial charge in [0.2, 0.25) is 0 Å². The van der Waals surface area contributed by atoms with E-state index < -0.39 is 24.1 Å². The van der Waals surface area contributed by atoms with Crippen LogP contribution in [0.1, 0.15) is 26.3 Å². The monoisotopic (exact) mass is 382 g/mol. The quantitative estimate of drug-likeness (QED) is 0.704. The number of nitrogens with one attached hydrogen (secondary N) is 1. The van der Waals surface area contributed by atoms with E-state index in [-0.39, 0.29) is 0 Å². The number of carbonyl (C=O) groups excluding carboxylic acids is 2. The lowest BCUT2D eigenvalue weighted by Crippen LogP contribution is -2.35. The topological polar surface area (TPSA) is 97.7 Å². The Kier molecular flexibility index (Phi) is 7.40. The minimum Gasteiger partial charge on any atom is -0.492 e. The minimum atomic E-state index is -1.02. The molecule has 0 unspecified atom stereocenters. The lowest BCUT2D eigenvalue weighted by Gasteiger charge is -2.18. The lowest BCUT2D eigenvalue weighted by molar-refractivity contribution is -0.159. The standard InChI is InChI=1S/C21H22N2O5/c1-4-26-19-8-6-5-7-18(19)23-20(24)14(2)28-21(25)15(3)27-17-11-9-16(13-22)10-12-17/h5-12,14-15H,4H2,1-3H3,(H,23,24)/t14-,15-/m1/s1. The molecule has 0 heterocycles. The largest absolute Gasteiger partial charge is 0.492 e. The van der Waals surface area contributed by atoms with Gasteiger partial charge in [0.1, 0.15) is 11.5 Å². The molecule has 0 bridgehead atoms. The molecule has 0 aliphatic heterocycles. The van der Waals surface area contributed by atoms with Crippen LogP contribution in [0.5, 0.6) is 11.5 Å². The van der Waals surface area contributed by atoms with Crippen LogP contribution in [0.3, 0.4) is 0 Å². The summed E-state index contributed by atoms with van der Waals surface area (Å²) in [6.45, 7) is 5.31. The number of esters is 1. The number of amides is 1. The fourth-order valence-corrected chi connectivity index (χ4v) is 2.27. The van der Waals surface area contributed by atoms with Crippen LogP contribution in [0.4, 0.5) is 5.69 Å².